The van der Waals surface area contributed by atoms with E-state index in [9.17, 15) is 5.11 Å². The van der Waals surface area contributed by atoms with Crippen molar-refractivity contribution in [3.05, 3.63) is 22.2 Å². The standard InChI is InChI=1S/C13H18BrNO2/c1-17-12-8-11(14)7-10(13(12)16)6-9-2-4-15-5-3-9/h7-9,15-16H,2-6H2,1H3. The first-order valence-electron chi connectivity index (χ1n) is 5.97. The maximum Gasteiger partial charge on any atom is 0.161 e. The van der Waals surface area contributed by atoms with E-state index in [4.69, 9.17) is 4.74 Å². The van der Waals surface area contributed by atoms with Crippen LogP contribution in [-0.4, -0.2) is 25.3 Å². The molecular formula is C13H18BrNO2. The Bertz CT molecular complexity index is 389. The summed E-state index contributed by atoms with van der Waals surface area (Å²) in [6, 6.07) is 3.78. The first-order chi connectivity index (χ1) is 8.20. The summed E-state index contributed by atoms with van der Waals surface area (Å²) < 4.78 is 6.12. The number of hydrogen-bond acceptors (Lipinski definition) is 3. The fourth-order valence-electron chi connectivity index (χ4n) is 2.34. The average molecular weight is 300 g/mol. The largest absolute Gasteiger partial charge is 0.504 e. The van der Waals surface area contributed by atoms with Gasteiger partial charge in [-0.1, -0.05) is 15.9 Å². The lowest BCUT2D eigenvalue weighted by molar-refractivity contribution is 0.352. The van der Waals surface area contributed by atoms with E-state index in [0.29, 0.717) is 11.7 Å². The third-order valence-corrected chi connectivity index (χ3v) is 3.76. The van der Waals surface area contributed by atoms with Gasteiger partial charge < -0.3 is 15.2 Å². The molecule has 3 nitrogen and oxygen atoms in total. The van der Waals surface area contributed by atoms with Crippen LogP contribution in [0, 0.1) is 5.92 Å². The van der Waals surface area contributed by atoms with Crippen LogP contribution in [0.15, 0.2) is 16.6 Å². The highest BCUT2D eigenvalue weighted by atomic mass is 79.9. The van der Waals surface area contributed by atoms with E-state index in [2.05, 4.69) is 21.2 Å². The van der Waals surface area contributed by atoms with Gasteiger partial charge in [0.15, 0.2) is 11.5 Å². The van der Waals surface area contributed by atoms with Crippen molar-refractivity contribution in [3.63, 3.8) is 0 Å². The summed E-state index contributed by atoms with van der Waals surface area (Å²) in [5.74, 6) is 1.48. The lowest BCUT2D eigenvalue weighted by atomic mass is 9.90. The van der Waals surface area contributed by atoms with E-state index in [1.54, 1.807) is 13.2 Å². The van der Waals surface area contributed by atoms with Gasteiger partial charge in [0, 0.05) is 4.47 Å². The van der Waals surface area contributed by atoms with E-state index < -0.39 is 0 Å². The number of aromatic hydroxyl groups is 1. The van der Waals surface area contributed by atoms with Gasteiger partial charge in [-0.3, -0.25) is 0 Å². The molecule has 0 saturated carbocycles. The van der Waals surface area contributed by atoms with Gasteiger partial charge in [0.2, 0.25) is 0 Å². The van der Waals surface area contributed by atoms with Crippen LogP contribution in [0.25, 0.3) is 0 Å². The zero-order valence-corrected chi connectivity index (χ0v) is 11.6. The van der Waals surface area contributed by atoms with Gasteiger partial charge in [0.1, 0.15) is 0 Å². The van der Waals surface area contributed by atoms with Gasteiger partial charge in [-0.25, -0.2) is 0 Å². The Morgan fingerprint density at radius 3 is 2.76 bits per heavy atom. The Hall–Kier alpha value is -0.740. The number of rotatable bonds is 3. The third kappa shape index (κ3) is 3.13. The lowest BCUT2D eigenvalue weighted by Gasteiger charge is -2.23. The topological polar surface area (TPSA) is 41.5 Å². The van der Waals surface area contributed by atoms with Crippen molar-refractivity contribution in [2.45, 2.75) is 19.3 Å². The van der Waals surface area contributed by atoms with Crippen LogP contribution in [0.5, 0.6) is 11.5 Å². The first-order valence-corrected chi connectivity index (χ1v) is 6.76. The molecule has 1 aromatic rings. The predicted octanol–water partition coefficient (Wildman–Crippen LogP) is 2.71. The maximum atomic E-state index is 10.1. The van der Waals surface area contributed by atoms with E-state index in [1.165, 1.54) is 12.8 Å². The van der Waals surface area contributed by atoms with E-state index in [1.807, 2.05) is 6.07 Å². The Labute approximate surface area is 110 Å². The SMILES string of the molecule is COc1cc(Br)cc(CC2CCNCC2)c1O. The average Bonchev–Trinajstić information content (AvgIpc) is 2.34. The van der Waals surface area contributed by atoms with Crippen molar-refractivity contribution in [3.8, 4) is 11.5 Å². The number of nitrogens with one attached hydrogen (secondary N) is 1. The van der Waals surface area contributed by atoms with Crippen molar-refractivity contribution in [1.29, 1.82) is 0 Å². The molecular weight excluding hydrogens is 282 g/mol. The summed E-state index contributed by atoms with van der Waals surface area (Å²) in [7, 11) is 1.58. The minimum absolute atomic E-state index is 0.286. The van der Waals surface area contributed by atoms with Crippen molar-refractivity contribution in [1.82, 2.24) is 5.32 Å². The highest BCUT2D eigenvalue weighted by molar-refractivity contribution is 9.10. The summed E-state index contributed by atoms with van der Waals surface area (Å²) in [5, 5.41) is 13.4. The molecule has 0 atom stereocenters. The highest BCUT2D eigenvalue weighted by Gasteiger charge is 2.17. The van der Waals surface area contributed by atoms with Gasteiger partial charge in [0.25, 0.3) is 0 Å². The summed E-state index contributed by atoms with van der Waals surface area (Å²) in [5.41, 5.74) is 0.975. The monoisotopic (exact) mass is 299 g/mol. The predicted molar refractivity (Wildman–Crippen MR) is 71.7 cm³/mol. The van der Waals surface area contributed by atoms with Crippen molar-refractivity contribution in [2.75, 3.05) is 20.2 Å². The minimum atomic E-state index is 0.286. The highest BCUT2D eigenvalue weighted by Crippen LogP contribution is 2.35. The van der Waals surface area contributed by atoms with Crippen molar-refractivity contribution >= 4 is 15.9 Å². The van der Waals surface area contributed by atoms with Gasteiger partial charge >= 0.3 is 0 Å². The number of benzene rings is 1. The zero-order valence-electron chi connectivity index (χ0n) is 10.0. The molecule has 1 fully saturated rings. The summed E-state index contributed by atoms with van der Waals surface area (Å²) in [4.78, 5) is 0. The second kappa shape index (κ2) is 5.74. The molecule has 0 aliphatic carbocycles. The number of methoxy groups -OCH3 is 1. The Morgan fingerprint density at radius 2 is 2.12 bits per heavy atom. The third-order valence-electron chi connectivity index (χ3n) is 3.31. The quantitative estimate of drug-likeness (QED) is 0.902. The lowest BCUT2D eigenvalue weighted by Crippen LogP contribution is -2.28. The summed E-state index contributed by atoms with van der Waals surface area (Å²) in [6.45, 7) is 2.16. The molecule has 0 radical (unpaired) electrons. The molecule has 1 heterocycles. The molecule has 0 unspecified atom stereocenters. The molecule has 2 rings (SSSR count). The summed E-state index contributed by atoms with van der Waals surface area (Å²) >= 11 is 3.45. The van der Waals surface area contributed by atoms with Crippen LogP contribution in [0.1, 0.15) is 18.4 Å². The van der Waals surface area contributed by atoms with Crippen LogP contribution in [0.3, 0.4) is 0 Å². The number of piperidine rings is 1. The molecule has 4 heteroatoms. The van der Waals surface area contributed by atoms with E-state index in [-0.39, 0.29) is 5.75 Å². The van der Waals surface area contributed by atoms with Crippen LogP contribution in [0.2, 0.25) is 0 Å². The minimum Gasteiger partial charge on any atom is -0.504 e. The van der Waals surface area contributed by atoms with Crippen LogP contribution in [-0.2, 0) is 6.42 Å². The molecule has 1 aliphatic heterocycles. The molecule has 0 amide bonds. The zero-order chi connectivity index (χ0) is 12.3. The first kappa shape index (κ1) is 12.7. The van der Waals surface area contributed by atoms with E-state index >= 15 is 0 Å². The smallest absolute Gasteiger partial charge is 0.161 e. The fraction of sp³-hybridized carbons (Fsp3) is 0.538. The maximum absolute atomic E-state index is 10.1. The normalized spacial score (nSPS) is 17.1. The number of hydrogen-bond donors (Lipinski definition) is 2. The van der Waals surface area contributed by atoms with Crippen molar-refractivity contribution in [2.24, 2.45) is 5.92 Å². The number of ether oxygens (including phenoxy) is 1. The molecule has 0 spiro atoms. The Balaban J connectivity index is 2.16. The summed E-state index contributed by atoms with van der Waals surface area (Å²) in [6.07, 6.45) is 3.27. The molecule has 1 aliphatic rings. The van der Waals surface area contributed by atoms with Gasteiger partial charge in [-0.2, -0.15) is 0 Å². The van der Waals surface area contributed by atoms with Crippen LogP contribution in [0.4, 0.5) is 0 Å². The van der Waals surface area contributed by atoms with Gasteiger partial charge in [-0.05, 0) is 56.0 Å². The Kier molecular flexibility index (Phi) is 4.29. The molecule has 2 N–H and O–H groups in total. The molecule has 1 saturated heterocycles. The number of phenols is 1. The van der Waals surface area contributed by atoms with E-state index in [0.717, 1.165) is 29.5 Å². The van der Waals surface area contributed by atoms with Crippen LogP contribution < -0.4 is 10.1 Å². The van der Waals surface area contributed by atoms with Crippen LogP contribution >= 0.6 is 15.9 Å². The fourth-order valence-corrected chi connectivity index (χ4v) is 2.82. The molecule has 1 aromatic carbocycles. The second-order valence-electron chi connectivity index (χ2n) is 4.51. The van der Waals surface area contributed by atoms with Gasteiger partial charge in [-0.15, -0.1) is 0 Å². The second-order valence-corrected chi connectivity index (χ2v) is 5.43. The number of halogens is 1. The Morgan fingerprint density at radius 1 is 1.41 bits per heavy atom. The number of phenolic OH excluding ortho intramolecular Hbond substituents is 1. The molecule has 94 valence electrons. The molecule has 17 heavy (non-hydrogen) atoms. The van der Waals surface area contributed by atoms with Crippen molar-refractivity contribution < 1.29 is 9.84 Å². The molecule has 0 aromatic heterocycles. The molecule has 0 bridgehead atoms. The van der Waals surface area contributed by atoms with Gasteiger partial charge in [0.05, 0.1) is 7.11 Å².